The third-order valence-electron chi connectivity index (χ3n) is 3.71. The monoisotopic (exact) mass is 269 g/mol. The third-order valence-corrected chi connectivity index (χ3v) is 3.71. The van der Waals surface area contributed by atoms with E-state index in [0.29, 0.717) is 19.8 Å². The second-order valence-corrected chi connectivity index (χ2v) is 5.13. The standard InChI is InChI=1S/C13H23N3O3/c1-2-11-13(18)16(6-5-14-11)9-12(17)15-10-3-7-19-8-4-10/h10-11,14H,2-9H2,1H3,(H,15,17). The molecule has 1 unspecified atom stereocenters. The molecule has 2 aliphatic rings. The molecule has 108 valence electrons. The highest BCUT2D eigenvalue weighted by Crippen LogP contribution is 2.07. The first kappa shape index (κ1) is 14.3. The number of hydrogen-bond donors (Lipinski definition) is 2. The number of hydrogen-bond acceptors (Lipinski definition) is 4. The lowest BCUT2D eigenvalue weighted by molar-refractivity contribution is -0.140. The third kappa shape index (κ3) is 3.91. The maximum Gasteiger partial charge on any atom is 0.240 e. The number of amides is 2. The van der Waals surface area contributed by atoms with Gasteiger partial charge in [-0.2, -0.15) is 0 Å². The van der Waals surface area contributed by atoms with Crippen LogP contribution >= 0.6 is 0 Å². The number of ether oxygens (including phenoxy) is 1. The molecule has 0 bridgehead atoms. The highest BCUT2D eigenvalue weighted by Gasteiger charge is 2.28. The molecule has 1 atom stereocenters. The molecule has 19 heavy (non-hydrogen) atoms. The van der Waals surface area contributed by atoms with E-state index in [2.05, 4.69) is 10.6 Å². The fraction of sp³-hybridized carbons (Fsp3) is 0.846. The van der Waals surface area contributed by atoms with Crippen molar-refractivity contribution in [3.05, 3.63) is 0 Å². The summed E-state index contributed by atoms with van der Waals surface area (Å²) in [7, 11) is 0. The van der Waals surface area contributed by atoms with Crippen molar-refractivity contribution in [3.63, 3.8) is 0 Å². The normalized spacial score (nSPS) is 25.4. The Bertz CT molecular complexity index is 329. The molecule has 0 saturated carbocycles. The first-order valence-corrected chi connectivity index (χ1v) is 7.10. The molecule has 2 saturated heterocycles. The second kappa shape index (κ2) is 6.86. The van der Waals surface area contributed by atoms with E-state index in [9.17, 15) is 9.59 Å². The minimum atomic E-state index is -0.135. The zero-order chi connectivity index (χ0) is 13.7. The van der Waals surface area contributed by atoms with Gasteiger partial charge in [0.1, 0.15) is 0 Å². The van der Waals surface area contributed by atoms with E-state index < -0.39 is 0 Å². The molecular weight excluding hydrogens is 246 g/mol. The van der Waals surface area contributed by atoms with Gasteiger partial charge >= 0.3 is 0 Å². The summed E-state index contributed by atoms with van der Waals surface area (Å²) >= 11 is 0. The van der Waals surface area contributed by atoms with Gasteiger partial charge in [-0.3, -0.25) is 9.59 Å². The van der Waals surface area contributed by atoms with Crippen LogP contribution in [-0.2, 0) is 14.3 Å². The summed E-state index contributed by atoms with van der Waals surface area (Å²) in [5.74, 6) is -0.0205. The molecule has 0 radical (unpaired) electrons. The Balaban J connectivity index is 1.79. The van der Waals surface area contributed by atoms with Gasteiger partial charge in [0.2, 0.25) is 11.8 Å². The van der Waals surface area contributed by atoms with Crippen molar-refractivity contribution in [2.75, 3.05) is 32.8 Å². The Hall–Kier alpha value is -1.14. The van der Waals surface area contributed by atoms with Gasteiger partial charge in [-0.25, -0.2) is 0 Å². The molecule has 2 N–H and O–H groups in total. The van der Waals surface area contributed by atoms with E-state index >= 15 is 0 Å². The van der Waals surface area contributed by atoms with Gasteiger partial charge in [0, 0.05) is 32.3 Å². The summed E-state index contributed by atoms with van der Waals surface area (Å²) in [5, 5.41) is 6.15. The summed E-state index contributed by atoms with van der Waals surface area (Å²) in [6.45, 7) is 4.92. The topological polar surface area (TPSA) is 70.7 Å². The van der Waals surface area contributed by atoms with E-state index in [4.69, 9.17) is 4.74 Å². The number of carbonyl (C=O) groups is 2. The number of carbonyl (C=O) groups excluding carboxylic acids is 2. The summed E-state index contributed by atoms with van der Waals surface area (Å²) in [6, 6.07) is 0.0610. The van der Waals surface area contributed by atoms with Crippen LogP contribution in [0.3, 0.4) is 0 Å². The SMILES string of the molecule is CCC1NCCN(CC(=O)NC2CCOCC2)C1=O. The summed E-state index contributed by atoms with van der Waals surface area (Å²) in [6.07, 6.45) is 2.48. The van der Waals surface area contributed by atoms with Crippen molar-refractivity contribution in [2.45, 2.75) is 38.3 Å². The van der Waals surface area contributed by atoms with Crippen LogP contribution in [0.25, 0.3) is 0 Å². The van der Waals surface area contributed by atoms with Crippen LogP contribution in [0.2, 0.25) is 0 Å². The van der Waals surface area contributed by atoms with Gasteiger partial charge in [0.05, 0.1) is 12.6 Å². The lowest BCUT2D eigenvalue weighted by atomic mass is 10.1. The summed E-state index contributed by atoms with van der Waals surface area (Å²) < 4.78 is 5.25. The van der Waals surface area contributed by atoms with Gasteiger partial charge < -0.3 is 20.3 Å². The molecule has 0 spiro atoms. The first-order chi connectivity index (χ1) is 9.20. The van der Waals surface area contributed by atoms with Crippen LogP contribution in [-0.4, -0.2) is 61.6 Å². The first-order valence-electron chi connectivity index (χ1n) is 7.10. The minimum Gasteiger partial charge on any atom is -0.381 e. The highest BCUT2D eigenvalue weighted by molar-refractivity contribution is 5.88. The van der Waals surface area contributed by atoms with Gasteiger partial charge in [-0.05, 0) is 19.3 Å². The molecule has 6 heteroatoms. The van der Waals surface area contributed by atoms with E-state index in [1.807, 2.05) is 6.92 Å². The highest BCUT2D eigenvalue weighted by atomic mass is 16.5. The number of nitrogens with one attached hydrogen (secondary N) is 2. The molecule has 0 aromatic carbocycles. The number of piperazine rings is 1. The average Bonchev–Trinajstić information content (AvgIpc) is 2.42. The fourth-order valence-electron chi connectivity index (χ4n) is 2.56. The van der Waals surface area contributed by atoms with E-state index in [0.717, 1.165) is 25.8 Å². The van der Waals surface area contributed by atoms with Crippen molar-refractivity contribution in [2.24, 2.45) is 0 Å². The molecule has 0 aliphatic carbocycles. The fourth-order valence-corrected chi connectivity index (χ4v) is 2.56. The Morgan fingerprint density at radius 2 is 2.21 bits per heavy atom. The van der Waals surface area contributed by atoms with Crippen molar-refractivity contribution < 1.29 is 14.3 Å². The molecule has 2 aliphatic heterocycles. The van der Waals surface area contributed by atoms with Crippen LogP contribution < -0.4 is 10.6 Å². The molecule has 2 fully saturated rings. The zero-order valence-corrected chi connectivity index (χ0v) is 11.5. The van der Waals surface area contributed by atoms with Crippen LogP contribution in [0.4, 0.5) is 0 Å². The molecule has 2 heterocycles. The molecule has 2 rings (SSSR count). The van der Waals surface area contributed by atoms with E-state index in [-0.39, 0.29) is 30.4 Å². The predicted octanol–water partition coefficient (Wildman–Crippen LogP) is -0.508. The summed E-state index contributed by atoms with van der Waals surface area (Å²) in [4.78, 5) is 25.7. The molecule has 0 aromatic heterocycles. The molecule has 2 amide bonds. The lowest BCUT2D eigenvalue weighted by Gasteiger charge is -2.33. The summed E-state index contributed by atoms with van der Waals surface area (Å²) in [5.41, 5.74) is 0. The Morgan fingerprint density at radius 3 is 2.89 bits per heavy atom. The van der Waals surface area contributed by atoms with E-state index in [1.54, 1.807) is 4.90 Å². The smallest absolute Gasteiger partial charge is 0.240 e. The lowest BCUT2D eigenvalue weighted by Crippen LogP contribution is -2.57. The van der Waals surface area contributed by atoms with Crippen molar-refractivity contribution in [1.29, 1.82) is 0 Å². The van der Waals surface area contributed by atoms with Crippen molar-refractivity contribution in [3.8, 4) is 0 Å². The maximum absolute atomic E-state index is 12.0. The molecule has 0 aromatic rings. The Morgan fingerprint density at radius 1 is 1.47 bits per heavy atom. The van der Waals surface area contributed by atoms with Gasteiger partial charge in [-0.1, -0.05) is 6.92 Å². The molecular formula is C13H23N3O3. The van der Waals surface area contributed by atoms with Crippen LogP contribution in [0.15, 0.2) is 0 Å². The predicted molar refractivity (Wildman–Crippen MR) is 70.6 cm³/mol. The van der Waals surface area contributed by atoms with Gasteiger partial charge in [0.25, 0.3) is 0 Å². The molecule has 6 nitrogen and oxygen atoms in total. The van der Waals surface area contributed by atoms with Crippen molar-refractivity contribution >= 4 is 11.8 Å². The quantitative estimate of drug-likeness (QED) is 0.721. The van der Waals surface area contributed by atoms with E-state index in [1.165, 1.54) is 0 Å². The second-order valence-electron chi connectivity index (χ2n) is 5.13. The van der Waals surface area contributed by atoms with Crippen molar-refractivity contribution in [1.82, 2.24) is 15.5 Å². The maximum atomic E-state index is 12.0. The van der Waals surface area contributed by atoms with Crippen LogP contribution in [0.1, 0.15) is 26.2 Å². The number of nitrogens with zero attached hydrogens (tertiary/aromatic N) is 1. The van der Waals surface area contributed by atoms with Gasteiger partial charge in [0.15, 0.2) is 0 Å². The van der Waals surface area contributed by atoms with Gasteiger partial charge in [-0.15, -0.1) is 0 Å². The Kier molecular flexibility index (Phi) is 5.15. The minimum absolute atomic E-state index is 0.0378. The van der Waals surface area contributed by atoms with Crippen LogP contribution in [0.5, 0.6) is 0 Å². The average molecular weight is 269 g/mol. The zero-order valence-electron chi connectivity index (χ0n) is 11.5. The Labute approximate surface area is 113 Å². The largest absolute Gasteiger partial charge is 0.381 e. The number of rotatable bonds is 4. The van der Waals surface area contributed by atoms with Crippen LogP contribution in [0, 0.1) is 0 Å².